The number of rotatable bonds is 6. The van der Waals surface area contributed by atoms with Gasteiger partial charge in [0, 0.05) is 18.9 Å². The fraction of sp³-hybridized carbons (Fsp3) is 0.565. The number of anilines is 2. The first-order valence-electron chi connectivity index (χ1n) is 11.9. The molecule has 9 nitrogen and oxygen atoms in total. The molecule has 2 aliphatic rings. The molecule has 0 aromatic carbocycles. The minimum atomic E-state index is -2.79. The highest BCUT2D eigenvalue weighted by atomic mass is 19.3. The standard InChI is InChI=1S/C23H29F2N7O2/c1-2-15-14-34-11-10-30(15)19-8-9-31-22(28-19)17(12-26-31)23(33)27-18-13-32(29-20(18)21(24)25)16-6-4-3-5-7-16/h8-9,12-13,15-16,21H,2-7,10-11,14H2,1H3,(H,27,33). The van der Waals surface area contributed by atoms with E-state index in [0.717, 1.165) is 44.3 Å². The Balaban J connectivity index is 1.42. The summed E-state index contributed by atoms with van der Waals surface area (Å²) in [6, 6.07) is 2.14. The molecule has 1 saturated heterocycles. The number of hydrogen-bond donors (Lipinski definition) is 1. The number of halogens is 2. The molecule has 182 valence electrons. The number of nitrogens with zero attached hydrogens (tertiary/aromatic N) is 6. The van der Waals surface area contributed by atoms with Crippen molar-refractivity contribution in [2.45, 2.75) is 64.0 Å². The number of carbonyl (C=O) groups is 1. The molecular formula is C23H29F2N7O2. The van der Waals surface area contributed by atoms with Gasteiger partial charge in [-0.25, -0.2) is 18.3 Å². The number of fused-ring (bicyclic) bond motifs is 1. The van der Waals surface area contributed by atoms with E-state index in [2.05, 4.69) is 27.3 Å². The van der Waals surface area contributed by atoms with Gasteiger partial charge < -0.3 is 15.0 Å². The normalized spacial score (nSPS) is 19.8. The SMILES string of the molecule is CCC1COCCN1c1ccn2ncc(C(=O)Nc3cn(C4CCCCC4)nc3C(F)F)c2n1. The van der Waals surface area contributed by atoms with Crippen LogP contribution in [0.15, 0.2) is 24.7 Å². The van der Waals surface area contributed by atoms with Gasteiger partial charge in [-0.1, -0.05) is 26.2 Å². The quantitative estimate of drug-likeness (QED) is 0.576. The van der Waals surface area contributed by atoms with Crippen LogP contribution in [0.4, 0.5) is 20.3 Å². The zero-order valence-corrected chi connectivity index (χ0v) is 19.2. The smallest absolute Gasteiger partial charge is 0.284 e. The van der Waals surface area contributed by atoms with E-state index in [9.17, 15) is 13.6 Å². The summed E-state index contributed by atoms with van der Waals surface area (Å²) in [6.45, 7) is 4.03. The Hall–Kier alpha value is -3.08. The van der Waals surface area contributed by atoms with E-state index in [1.165, 1.54) is 16.9 Å². The average Bonchev–Trinajstić information content (AvgIpc) is 3.48. The lowest BCUT2D eigenvalue weighted by molar-refractivity contribution is 0.0925. The van der Waals surface area contributed by atoms with Gasteiger partial charge in [-0.05, 0) is 25.3 Å². The summed E-state index contributed by atoms with van der Waals surface area (Å²) in [5, 5.41) is 11.0. The Morgan fingerprint density at radius 1 is 1.29 bits per heavy atom. The summed E-state index contributed by atoms with van der Waals surface area (Å²) in [6.07, 6.45) is 7.85. The molecule has 1 aliphatic heterocycles. The number of hydrogen-bond acceptors (Lipinski definition) is 6. The van der Waals surface area contributed by atoms with Gasteiger partial charge in [0.1, 0.15) is 11.4 Å². The number of amides is 1. The average molecular weight is 474 g/mol. The summed E-state index contributed by atoms with van der Waals surface area (Å²) in [7, 11) is 0. The van der Waals surface area contributed by atoms with Crippen molar-refractivity contribution < 1.29 is 18.3 Å². The van der Waals surface area contributed by atoms with E-state index in [1.807, 2.05) is 6.07 Å². The maximum Gasteiger partial charge on any atom is 0.284 e. The highest BCUT2D eigenvalue weighted by molar-refractivity contribution is 6.08. The molecule has 34 heavy (non-hydrogen) atoms. The molecular weight excluding hydrogens is 444 g/mol. The van der Waals surface area contributed by atoms with Crippen molar-refractivity contribution in [3.05, 3.63) is 35.9 Å². The minimum absolute atomic E-state index is 0.0281. The van der Waals surface area contributed by atoms with Gasteiger partial charge in [-0.2, -0.15) is 10.2 Å². The highest BCUT2D eigenvalue weighted by Gasteiger charge is 2.27. The second-order valence-corrected chi connectivity index (χ2v) is 8.90. The van der Waals surface area contributed by atoms with Crippen LogP contribution in [0.5, 0.6) is 0 Å². The molecule has 0 radical (unpaired) electrons. The lowest BCUT2D eigenvalue weighted by Gasteiger charge is -2.35. The Morgan fingerprint density at radius 2 is 2.12 bits per heavy atom. The van der Waals surface area contributed by atoms with Crippen LogP contribution in [0.25, 0.3) is 5.65 Å². The van der Waals surface area contributed by atoms with E-state index < -0.39 is 18.0 Å². The molecule has 1 unspecified atom stereocenters. The van der Waals surface area contributed by atoms with Crippen LogP contribution in [0.3, 0.4) is 0 Å². The molecule has 5 rings (SSSR count). The third-order valence-corrected chi connectivity index (χ3v) is 6.76. The zero-order valence-electron chi connectivity index (χ0n) is 19.2. The van der Waals surface area contributed by atoms with Gasteiger partial charge in [0.25, 0.3) is 12.3 Å². The van der Waals surface area contributed by atoms with E-state index in [-0.39, 0.29) is 23.3 Å². The number of nitrogens with one attached hydrogen (secondary N) is 1. The first-order valence-corrected chi connectivity index (χ1v) is 11.9. The first-order chi connectivity index (χ1) is 16.5. The van der Waals surface area contributed by atoms with Crippen molar-refractivity contribution in [2.75, 3.05) is 30.0 Å². The highest BCUT2D eigenvalue weighted by Crippen LogP contribution is 2.32. The number of ether oxygens (including phenoxy) is 1. The predicted octanol–water partition coefficient (Wildman–Crippen LogP) is 4.24. The second-order valence-electron chi connectivity index (χ2n) is 8.90. The molecule has 2 fully saturated rings. The van der Waals surface area contributed by atoms with E-state index in [0.29, 0.717) is 25.4 Å². The Morgan fingerprint density at radius 3 is 2.88 bits per heavy atom. The molecule has 1 amide bonds. The molecule has 11 heteroatoms. The largest absolute Gasteiger partial charge is 0.377 e. The predicted molar refractivity (Wildman–Crippen MR) is 122 cm³/mol. The third-order valence-electron chi connectivity index (χ3n) is 6.76. The fourth-order valence-corrected chi connectivity index (χ4v) is 4.86. The Labute approximate surface area is 196 Å². The van der Waals surface area contributed by atoms with Gasteiger partial charge in [0.15, 0.2) is 11.3 Å². The monoisotopic (exact) mass is 473 g/mol. The van der Waals surface area contributed by atoms with Gasteiger partial charge in [0.2, 0.25) is 0 Å². The van der Waals surface area contributed by atoms with Gasteiger partial charge >= 0.3 is 0 Å². The lowest BCUT2D eigenvalue weighted by Crippen LogP contribution is -2.45. The fourth-order valence-electron chi connectivity index (χ4n) is 4.86. The Kier molecular flexibility index (Phi) is 6.44. The lowest BCUT2D eigenvalue weighted by atomic mass is 9.96. The van der Waals surface area contributed by atoms with Gasteiger partial charge in [-0.15, -0.1) is 0 Å². The van der Waals surface area contributed by atoms with Crippen molar-refractivity contribution >= 4 is 23.1 Å². The summed E-state index contributed by atoms with van der Waals surface area (Å²) >= 11 is 0. The van der Waals surface area contributed by atoms with Crippen molar-refractivity contribution in [1.29, 1.82) is 0 Å². The van der Waals surface area contributed by atoms with Crippen molar-refractivity contribution in [2.24, 2.45) is 0 Å². The maximum atomic E-state index is 13.7. The van der Waals surface area contributed by atoms with Crippen LogP contribution in [0, 0.1) is 0 Å². The zero-order chi connectivity index (χ0) is 23.7. The topological polar surface area (TPSA) is 89.6 Å². The Bertz CT molecular complexity index is 1160. The minimum Gasteiger partial charge on any atom is -0.377 e. The van der Waals surface area contributed by atoms with Crippen molar-refractivity contribution in [3.63, 3.8) is 0 Å². The summed E-state index contributed by atoms with van der Waals surface area (Å²) in [5.74, 6) is 0.189. The van der Waals surface area contributed by atoms with Crippen molar-refractivity contribution in [1.82, 2.24) is 24.4 Å². The summed E-state index contributed by atoms with van der Waals surface area (Å²) < 4.78 is 36.1. The molecule has 0 spiro atoms. The van der Waals surface area contributed by atoms with Crippen molar-refractivity contribution in [3.8, 4) is 0 Å². The van der Waals surface area contributed by atoms with Crippen LogP contribution in [0.1, 0.15) is 74.0 Å². The number of carbonyl (C=O) groups excluding carboxylic acids is 1. The first kappa shape index (κ1) is 22.7. The molecule has 1 atom stereocenters. The van der Waals surface area contributed by atoms with E-state index in [4.69, 9.17) is 9.72 Å². The summed E-state index contributed by atoms with van der Waals surface area (Å²) in [5.41, 5.74) is 0.201. The van der Waals surface area contributed by atoms with Crippen LogP contribution >= 0.6 is 0 Å². The molecule has 3 aromatic heterocycles. The number of morpholine rings is 1. The number of aromatic nitrogens is 5. The van der Waals surface area contributed by atoms with E-state index >= 15 is 0 Å². The molecule has 4 heterocycles. The van der Waals surface area contributed by atoms with Gasteiger partial charge in [-0.3, -0.25) is 9.48 Å². The van der Waals surface area contributed by atoms with Gasteiger partial charge in [0.05, 0.1) is 37.2 Å². The maximum absolute atomic E-state index is 13.7. The van der Waals surface area contributed by atoms with Crippen LogP contribution < -0.4 is 10.2 Å². The molecule has 1 N–H and O–H groups in total. The van der Waals surface area contributed by atoms with E-state index in [1.54, 1.807) is 10.9 Å². The molecule has 3 aromatic rings. The second kappa shape index (κ2) is 9.65. The van der Waals surface area contributed by atoms with Crippen LogP contribution in [-0.2, 0) is 4.74 Å². The molecule has 1 saturated carbocycles. The van der Waals surface area contributed by atoms with Crippen LogP contribution in [-0.4, -0.2) is 56.1 Å². The molecule has 0 bridgehead atoms. The molecule has 1 aliphatic carbocycles. The summed E-state index contributed by atoms with van der Waals surface area (Å²) in [4.78, 5) is 20.0. The van der Waals surface area contributed by atoms with Crippen LogP contribution in [0.2, 0.25) is 0 Å². The number of alkyl halides is 2. The third kappa shape index (κ3) is 4.36.